The molecular formula is C16H22N2O2. The second-order valence-corrected chi connectivity index (χ2v) is 6.23. The first-order valence-corrected chi connectivity index (χ1v) is 7.64. The number of carboxylic acid groups (broad SMARTS) is 1. The van der Waals surface area contributed by atoms with Crippen molar-refractivity contribution in [3.05, 3.63) is 23.9 Å². The molecule has 1 aromatic heterocycles. The molecule has 2 heterocycles. The fraction of sp³-hybridized carbons (Fsp3) is 0.625. The van der Waals surface area contributed by atoms with Crippen molar-refractivity contribution in [3.63, 3.8) is 0 Å². The smallest absolute Gasteiger partial charge is 0.339 e. The van der Waals surface area contributed by atoms with Crippen LogP contribution in [-0.4, -0.2) is 29.1 Å². The van der Waals surface area contributed by atoms with Gasteiger partial charge in [0, 0.05) is 19.3 Å². The Hall–Kier alpha value is -1.58. The highest BCUT2D eigenvalue weighted by Gasteiger charge is 2.36. The van der Waals surface area contributed by atoms with Crippen LogP contribution in [0, 0.1) is 5.41 Å². The molecule has 0 atom stereocenters. The van der Waals surface area contributed by atoms with E-state index in [4.69, 9.17) is 0 Å². The van der Waals surface area contributed by atoms with Gasteiger partial charge in [0.05, 0.1) is 0 Å². The highest BCUT2D eigenvalue weighted by Crippen LogP contribution is 2.45. The highest BCUT2D eigenvalue weighted by atomic mass is 16.4. The van der Waals surface area contributed by atoms with Crippen molar-refractivity contribution in [1.29, 1.82) is 0 Å². The third kappa shape index (κ3) is 2.51. The Bertz CT molecular complexity index is 485. The molecule has 0 radical (unpaired) electrons. The molecule has 2 aliphatic rings. The molecule has 0 unspecified atom stereocenters. The normalized spacial score (nSPS) is 21.9. The van der Waals surface area contributed by atoms with Crippen LogP contribution in [0.3, 0.4) is 0 Å². The number of rotatable bonds is 2. The van der Waals surface area contributed by atoms with Crippen molar-refractivity contribution in [2.75, 3.05) is 18.0 Å². The Balaban J connectivity index is 1.73. The van der Waals surface area contributed by atoms with Gasteiger partial charge in [-0.15, -0.1) is 0 Å². The number of aromatic nitrogens is 1. The number of aromatic carboxylic acids is 1. The molecule has 1 aromatic rings. The Labute approximate surface area is 119 Å². The summed E-state index contributed by atoms with van der Waals surface area (Å²) in [4.78, 5) is 17.8. The van der Waals surface area contributed by atoms with Gasteiger partial charge in [0.15, 0.2) is 0 Å². The number of carboxylic acids is 1. The molecule has 4 nitrogen and oxygen atoms in total. The predicted octanol–water partition coefficient (Wildman–Crippen LogP) is 3.33. The summed E-state index contributed by atoms with van der Waals surface area (Å²) in [7, 11) is 0. The lowest BCUT2D eigenvalue weighted by Gasteiger charge is -2.44. The van der Waals surface area contributed by atoms with E-state index in [1.54, 1.807) is 18.3 Å². The van der Waals surface area contributed by atoms with Gasteiger partial charge in [0.25, 0.3) is 0 Å². The topological polar surface area (TPSA) is 53.4 Å². The number of nitrogens with zero attached hydrogens (tertiary/aromatic N) is 2. The maximum absolute atomic E-state index is 11.3. The second kappa shape index (κ2) is 5.43. The lowest BCUT2D eigenvalue weighted by atomic mass is 9.68. The lowest BCUT2D eigenvalue weighted by Crippen LogP contribution is -2.42. The van der Waals surface area contributed by atoms with Gasteiger partial charge in [-0.25, -0.2) is 9.78 Å². The van der Waals surface area contributed by atoms with Crippen molar-refractivity contribution in [2.45, 2.75) is 44.9 Å². The van der Waals surface area contributed by atoms with E-state index in [0.717, 1.165) is 13.1 Å². The van der Waals surface area contributed by atoms with E-state index in [9.17, 15) is 9.90 Å². The summed E-state index contributed by atoms with van der Waals surface area (Å²) in [5.41, 5.74) is 0.861. The van der Waals surface area contributed by atoms with E-state index in [2.05, 4.69) is 9.88 Å². The number of carbonyl (C=O) groups is 1. The van der Waals surface area contributed by atoms with E-state index in [0.29, 0.717) is 16.8 Å². The molecule has 0 amide bonds. The molecular weight excluding hydrogens is 252 g/mol. The maximum Gasteiger partial charge on any atom is 0.339 e. The fourth-order valence-corrected chi connectivity index (χ4v) is 3.81. The van der Waals surface area contributed by atoms with E-state index in [-0.39, 0.29) is 0 Å². The zero-order chi connectivity index (χ0) is 14.0. The molecule has 0 bridgehead atoms. The summed E-state index contributed by atoms with van der Waals surface area (Å²) in [6.45, 7) is 1.88. The van der Waals surface area contributed by atoms with Crippen LogP contribution in [0.1, 0.15) is 55.3 Å². The Morgan fingerprint density at radius 2 is 1.85 bits per heavy atom. The van der Waals surface area contributed by atoms with E-state index >= 15 is 0 Å². The van der Waals surface area contributed by atoms with Crippen LogP contribution in [0.5, 0.6) is 0 Å². The monoisotopic (exact) mass is 274 g/mol. The molecule has 1 saturated heterocycles. The van der Waals surface area contributed by atoms with Gasteiger partial charge in [-0.2, -0.15) is 0 Å². The average molecular weight is 274 g/mol. The molecule has 1 spiro atoms. The van der Waals surface area contributed by atoms with Crippen molar-refractivity contribution in [1.82, 2.24) is 4.98 Å². The number of anilines is 1. The van der Waals surface area contributed by atoms with E-state index in [1.165, 1.54) is 44.9 Å². The fourth-order valence-electron chi connectivity index (χ4n) is 3.81. The van der Waals surface area contributed by atoms with Crippen LogP contribution in [0.2, 0.25) is 0 Å². The molecule has 3 rings (SSSR count). The van der Waals surface area contributed by atoms with Crippen molar-refractivity contribution in [2.24, 2.45) is 5.41 Å². The average Bonchev–Trinajstić information content (AvgIpc) is 2.49. The molecule has 1 aliphatic carbocycles. The maximum atomic E-state index is 11.3. The Morgan fingerprint density at radius 1 is 1.15 bits per heavy atom. The van der Waals surface area contributed by atoms with Gasteiger partial charge in [-0.3, -0.25) is 0 Å². The molecule has 20 heavy (non-hydrogen) atoms. The number of pyridine rings is 1. The highest BCUT2D eigenvalue weighted by molar-refractivity contribution is 5.93. The summed E-state index contributed by atoms with van der Waals surface area (Å²) in [5, 5.41) is 9.27. The lowest BCUT2D eigenvalue weighted by molar-refractivity contribution is 0.0696. The van der Waals surface area contributed by atoms with Gasteiger partial charge in [-0.05, 0) is 43.2 Å². The largest absolute Gasteiger partial charge is 0.478 e. The Morgan fingerprint density at radius 3 is 2.50 bits per heavy atom. The van der Waals surface area contributed by atoms with Crippen LogP contribution in [0.4, 0.5) is 5.82 Å². The molecule has 4 heteroatoms. The summed E-state index contributed by atoms with van der Waals surface area (Å²) in [6.07, 6.45) is 10.9. The quantitative estimate of drug-likeness (QED) is 0.898. The SMILES string of the molecule is O=C(O)c1cccnc1N1CCC2(CCCCC2)CC1. The number of hydrogen-bond donors (Lipinski definition) is 1. The predicted molar refractivity (Wildman–Crippen MR) is 78.2 cm³/mol. The zero-order valence-corrected chi connectivity index (χ0v) is 11.8. The van der Waals surface area contributed by atoms with Crippen LogP contribution in [0.15, 0.2) is 18.3 Å². The van der Waals surface area contributed by atoms with Crippen molar-refractivity contribution in [3.8, 4) is 0 Å². The second-order valence-electron chi connectivity index (χ2n) is 6.23. The third-order valence-corrected chi connectivity index (χ3v) is 5.05. The molecule has 108 valence electrons. The molecule has 1 aliphatic heterocycles. The van der Waals surface area contributed by atoms with Crippen LogP contribution >= 0.6 is 0 Å². The number of hydrogen-bond acceptors (Lipinski definition) is 3. The van der Waals surface area contributed by atoms with Gasteiger partial charge in [0.2, 0.25) is 0 Å². The van der Waals surface area contributed by atoms with Gasteiger partial charge in [-0.1, -0.05) is 19.3 Å². The minimum absolute atomic E-state index is 0.326. The molecule has 1 saturated carbocycles. The first kappa shape index (κ1) is 13.4. The van der Waals surface area contributed by atoms with Crippen molar-refractivity contribution < 1.29 is 9.90 Å². The van der Waals surface area contributed by atoms with Crippen LogP contribution in [-0.2, 0) is 0 Å². The zero-order valence-electron chi connectivity index (χ0n) is 11.8. The first-order chi connectivity index (χ1) is 9.70. The van der Waals surface area contributed by atoms with Crippen LogP contribution in [0.25, 0.3) is 0 Å². The van der Waals surface area contributed by atoms with Crippen LogP contribution < -0.4 is 4.90 Å². The first-order valence-electron chi connectivity index (χ1n) is 7.64. The van der Waals surface area contributed by atoms with Gasteiger partial charge >= 0.3 is 5.97 Å². The summed E-state index contributed by atoms with van der Waals surface area (Å²) in [6, 6.07) is 3.34. The summed E-state index contributed by atoms with van der Waals surface area (Å²) < 4.78 is 0. The van der Waals surface area contributed by atoms with Gasteiger partial charge in [0.1, 0.15) is 11.4 Å². The third-order valence-electron chi connectivity index (χ3n) is 5.05. The number of piperidine rings is 1. The van der Waals surface area contributed by atoms with Gasteiger partial charge < -0.3 is 10.0 Å². The van der Waals surface area contributed by atoms with E-state index in [1.807, 2.05) is 0 Å². The van der Waals surface area contributed by atoms with E-state index < -0.39 is 5.97 Å². The summed E-state index contributed by atoms with van der Waals surface area (Å²) in [5.74, 6) is -0.239. The minimum Gasteiger partial charge on any atom is -0.478 e. The molecule has 2 fully saturated rings. The molecule has 0 aromatic carbocycles. The van der Waals surface area contributed by atoms with Crippen molar-refractivity contribution >= 4 is 11.8 Å². The standard InChI is InChI=1S/C16H22N2O2/c19-15(20)13-5-4-10-17-14(13)18-11-8-16(9-12-18)6-2-1-3-7-16/h4-5,10H,1-3,6-9,11-12H2,(H,19,20). The minimum atomic E-state index is -0.883. The molecule has 1 N–H and O–H groups in total. The Kier molecular flexibility index (Phi) is 3.64. The summed E-state index contributed by atoms with van der Waals surface area (Å²) >= 11 is 0.